The molecule has 2 aromatic carbocycles. The van der Waals surface area contributed by atoms with Crippen LogP contribution in [-0.4, -0.2) is 17.4 Å². The summed E-state index contributed by atoms with van der Waals surface area (Å²) in [4.78, 5) is 16.0. The molecule has 0 aliphatic rings. The summed E-state index contributed by atoms with van der Waals surface area (Å²) in [6, 6.07) is 22.9. The van der Waals surface area contributed by atoms with Crippen LogP contribution in [-0.2, 0) is 11.4 Å². The Kier molecular flexibility index (Phi) is 7.49. The average molecular weight is 509 g/mol. The van der Waals surface area contributed by atoms with Crippen LogP contribution in [0.1, 0.15) is 18.1 Å². The van der Waals surface area contributed by atoms with E-state index < -0.39 is 0 Å². The van der Waals surface area contributed by atoms with Crippen LogP contribution in [0.3, 0.4) is 0 Å². The third-order valence-corrected chi connectivity index (χ3v) is 6.34. The number of ether oxygens (including phenoxy) is 2. The Morgan fingerprint density at radius 2 is 1.76 bits per heavy atom. The van der Waals surface area contributed by atoms with Crippen molar-refractivity contribution in [1.82, 2.24) is 4.98 Å². The first-order chi connectivity index (χ1) is 16.4. The predicted octanol–water partition coefficient (Wildman–Crippen LogP) is 7.20. The molecule has 0 unspecified atom stereocenters. The minimum atomic E-state index is -0.199. The third-order valence-electron chi connectivity index (χ3n) is 4.86. The number of nitriles is 1. The first-order valence-corrected chi connectivity index (χ1v) is 11.8. The number of halogens is 2. The highest BCUT2D eigenvalue weighted by Crippen LogP contribution is 2.41. The summed E-state index contributed by atoms with van der Waals surface area (Å²) in [5.41, 5.74) is 3.76. The predicted molar refractivity (Wildman–Crippen MR) is 135 cm³/mol. The van der Waals surface area contributed by atoms with Crippen molar-refractivity contribution in [1.29, 1.82) is 5.26 Å². The maximum atomic E-state index is 11.5. The molecule has 5 nitrogen and oxygen atoms in total. The zero-order valence-electron chi connectivity index (χ0n) is 18.0. The van der Waals surface area contributed by atoms with Gasteiger partial charge in [0.1, 0.15) is 34.9 Å². The summed E-state index contributed by atoms with van der Waals surface area (Å²) in [5, 5.41) is 9.89. The molecule has 0 radical (unpaired) electrons. The van der Waals surface area contributed by atoms with Crippen LogP contribution >= 0.6 is 34.5 Å². The highest BCUT2D eigenvalue weighted by molar-refractivity contribution is 7.20. The fraction of sp³-hybridized carbons (Fsp3) is 0.115. The summed E-state index contributed by atoms with van der Waals surface area (Å²) < 4.78 is 12.4. The van der Waals surface area contributed by atoms with Crippen LogP contribution in [0.4, 0.5) is 0 Å². The van der Waals surface area contributed by atoms with Gasteiger partial charge in [0.05, 0.1) is 10.0 Å². The Hall–Kier alpha value is -3.37. The highest BCUT2D eigenvalue weighted by atomic mass is 35.5. The normalized spacial score (nSPS) is 10.5. The molecule has 2 heterocycles. The molecule has 0 bridgehead atoms. The largest absolute Gasteiger partial charge is 0.489 e. The molecule has 0 fully saturated rings. The monoisotopic (exact) mass is 508 g/mol. The second-order valence-corrected chi connectivity index (χ2v) is 9.66. The van der Waals surface area contributed by atoms with E-state index in [1.54, 1.807) is 12.1 Å². The number of hydrogen-bond donors (Lipinski definition) is 0. The van der Waals surface area contributed by atoms with E-state index in [1.165, 1.54) is 18.3 Å². The van der Waals surface area contributed by atoms with Crippen LogP contribution in [0.15, 0.2) is 66.7 Å². The van der Waals surface area contributed by atoms with Crippen molar-refractivity contribution in [2.24, 2.45) is 0 Å². The van der Waals surface area contributed by atoms with Gasteiger partial charge < -0.3 is 9.47 Å². The van der Waals surface area contributed by atoms with E-state index in [0.717, 1.165) is 11.1 Å². The van der Waals surface area contributed by atoms with Crippen LogP contribution < -0.4 is 9.47 Å². The quantitative estimate of drug-likeness (QED) is 0.251. The molecular weight excluding hydrogens is 491 g/mol. The number of nitrogens with zero attached hydrogens (tertiary/aromatic N) is 2. The minimum absolute atomic E-state index is 0.0630. The molecule has 8 heteroatoms. The molecule has 0 atom stereocenters. The van der Waals surface area contributed by atoms with Crippen LogP contribution in [0.2, 0.25) is 8.67 Å². The zero-order valence-corrected chi connectivity index (χ0v) is 20.4. The molecule has 0 saturated heterocycles. The molecule has 4 aromatic rings. The van der Waals surface area contributed by atoms with Crippen molar-refractivity contribution < 1.29 is 14.3 Å². The van der Waals surface area contributed by atoms with Gasteiger partial charge in [0.15, 0.2) is 5.78 Å². The average Bonchev–Trinajstić information content (AvgIpc) is 3.19. The van der Waals surface area contributed by atoms with Gasteiger partial charge in [0.25, 0.3) is 0 Å². The molecule has 0 amide bonds. The topological polar surface area (TPSA) is 72.2 Å². The fourth-order valence-corrected chi connectivity index (χ4v) is 4.74. The summed E-state index contributed by atoms with van der Waals surface area (Å²) >= 11 is 13.7. The number of carbonyl (C=O) groups is 1. The number of Topliss-reactive ketones (excluding diaryl/α,β-unsaturated/α-hetero) is 1. The van der Waals surface area contributed by atoms with Crippen molar-refractivity contribution in [3.63, 3.8) is 0 Å². The van der Waals surface area contributed by atoms with Crippen molar-refractivity contribution in [2.75, 3.05) is 6.61 Å². The lowest BCUT2D eigenvalue weighted by molar-refractivity contribution is -0.119. The van der Waals surface area contributed by atoms with Gasteiger partial charge in [-0.2, -0.15) is 5.26 Å². The third kappa shape index (κ3) is 5.57. The number of aromatic nitrogens is 1. The second kappa shape index (κ2) is 10.7. The smallest absolute Gasteiger partial charge is 0.233 e. The van der Waals surface area contributed by atoms with Crippen molar-refractivity contribution >= 4 is 40.3 Å². The van der Waals surface area contributed by atoms with Crippen LogP contribution in [0, 0.1) is 11.3 Å². The van der Waals surface area contributed by atoms with Crippen molar-refractivity contribution in [2.45, 2.75) is 13.5 Å². The SMILES string of the molecule is CC(=O)COc1nc(-c2cc(Cl)sc2Cl)cc(-c2ccc(OCc3ccccc3)cc2)c1C#N. The number of benzene rings is 2. The lowest BCUT2D eigenvalue weighted by Gasteiger charge is -2.13. The standard InChI is InChI=1S/C26H18Cl2N2O3S/c1-16(31)14-33-26-22(13-29)20(11-23(30-26)21-12-24(27)34-25(21)28)18-7-9-19(10-8-18)32-15-17-5-3-2-4-6-17/h2-12H,14-15H2,1H3. The van der Waals surface area contributed by atoms with E-state index in [1.807, 2.05) is 54.6 Å². The van der Waals surface area contributed by atoms with E-state index in [-0.39, 0.29) is 23.8 Å². The summed E-state index contributed by atoms with van der Waals surface area (Å²) in [5.74, 6) is 0.572. The van der Waals surface area contributed by atoms with E-state index in [9.17, 15) is 10.1 Å². The number of pyridine rings is 1. The lowest BCUT2D eigenvalue weighted by atomic mass is 9.99. The summed E-state index contributed by atoms with van der Waals surface area (Å²) in [6.45, 7) is 1.65. The molecule has 0 aliphatic heterocycles. The molecule has 0 N–H and O–H groups in total. The highest BCUT2D eigenvalue weighted by Gasteiger charge is 2.19. The van der Waals surface area contributed by atoms with E-state index in [4.69, 9.17) is 32.7 Å². The first-order valence-electron chi connectivity index (χ1n) is 10.2. The molecular formula is C26H18Cl2N2O3S. The molecule has 0 spiro atoms. The van der Waals surface area contributed by atoms with Crippen LogP contribution in [0.5, 0.6) is 11.6 Å². The number of carbonyl (C=O) groups excluding carboxylic acids is 1. The molecule has 170 valence electrons. The van der Waals surface area contributed by atoms with Gasteiger partial charge in [0.2, 0.25) is 5.88 Å². The Labute approximate surface area is 211 Å². The van der Waals surface area contributed by atoms with Crippen molar-refractivity contribution in [3.05, 3.63) is 86.5 Å². The maximum absolute atomic E-state index is 11.5. The Morgan fingerprint density at radius 1 is 1.03 bits per heavy atom. The molecule has 0 aliphatic carbocycles. The van der Waals surface area contributed by atoms with Crippen molar-refractivity contribution in [3.8, 4) is 40.1 Å². The number of ketones is 1. The van der Waals surface area contributed by atoms with Gasteiger partial charge in [-0.15, -0.1) is 11.3 Å². The van der Waals surface area contributed by atoms with Gasteiger partial charge in [-0.3, -0.25) is 4.79 Å². The van der Waals surface area contributed by atoms with Gasteiger partial charge in [-0.25, -0.2) is 4.98 Å². The molecule has 2 aromatic heterocycles. The van der Waals surface area contributed by atoms with Gasteiger partial charge in [0, 0.05) is 11.1 Å². The van der Waals surface area contributed by atoms with Gasteiger partial charge in [-0.05, 0) is 42.3 Å². The summed E-state index contributed by atoms with van der Waals surface area (Å²) in [7, 11) is 0. The molecule has 4 rings (SSSR count). The second-order valence-electron chi connectivity index (χ2n) is 7.37. The molecule has 0 saturated carbocycles. The number of hydrogen-bond acceptors (Lipinski definition) is 6. The lowest BCUT2D eigenvalue weighted by Crippen LogP contribution is -2.09. The summed E-state index contributed by atoms with van der Waals surface area (Å²) in [6.07, 6.45) is 0. The van der Waals surface area contributed by atoms with Gasteiger partial charge >= 0.3 is 0 Å². The van der Waals surface area contributed by atoms with E-state index >= 15 is 0 Å². The van der Waals surface area contributed by atoms with E-state index in [2.05, 4.69) is 11.1 Å². The zero-order chi connectivity index (χ0) is 24.1. The number of thiophene rings is 1. The maximum Gasteiger partial charge on any atom is 0.233 e. The Morgan fingerprint density at radius 3 is 2.38 bits per heavy atom. The van der Waals surface area contributed by atoms with Crippen LogP contribution in [0.25, 0.3) is 22.4 Å². The fourth-order valence-electron chi connectivity index (χ4n) is 3.26. The Balaban J connectivity index is 1.71. The first kappa shape index (κ1) is 23.8. The Bertz CT molecular complexity index is 1360. The van der Waals surface area contributed by atoms with E-state index in [0.29, 0.717) is 37.8 Å². The minimum Gasteiger partial charge on any atom is -0.489 e. The molecule has 34 heavy (non-hydrogen) atoms. The number of rotatable bonds is 8. The van der Waals surface area contributed by atoms with Gasteiger partial charge in [-0.1, -0.05) is 65.7 Å².